The Kier molecular flexibility index (Phi) is 5.56. The minimum absolute atomic E-state index is 0.463. The Balaban J connectivity index is 2.06. The predicted octanol–water partition coefficient (Wildman–Crippen LogP) is 2.18. The molecule has 0 aromatic carbocycles. The SMILES string of the molecule is CCN(CC)CCSC1CCC(=O)C1. The lowest BCUT2D eigenvalue weighted by atomic mass is 10.4. The van der Waals surface area contributed by atoms with Crippen molar-refractivity contribution in [3.8, 4) is 0 Å². The molecule has 2 nitrogen and oxygen atoms in total. The molecule has 1 rings (SSSR count). The van der Waals surface area contributed by atoms with Crippen LogP contribution in [0, 0.1) is 0 Å². The number of hydrogen-bond donors (Lipinski definition) is 0. The van der Waals surface area contributed by atoms with Gasteiger partial charge in [0.1, 0.15) is 5.78 Å². The van der Waals surface area contributed by atoms with Gasteiger partial charge in [-0.05, 0) is 19.5 Å². The van der Waals surface area contributed by atoms with E-state index >= 15 is 0 Å². The van der Waals surface area contributed by atoms with Gasteiger partial charge in [-0.1, -0.05) is 13.8 Å². The molecule has 0 radical (unpaired) electrons. The van der Waals surface area contributed by atoms with Crippen LogP contribution in [0.25, 0.3) is 0 Å². The fourth-order valence-corrected chi connectivity index (χ4v) is 3.10. The number of Topliss-reactive ketones (excluding diaryl/α,β-unsaturated/α-hetero) is 1. The molecule has 1 fully saturated rings. The number of carbonyl (C=O) groups is 1. The summed E-state index contributed by atoms with van der Waals surface area (Å²) >= 11 is 1.98. The molecule has 0 saturated heterocycles. The first-order valence-electron chi connectivity index (χ1n) is 5.62. The van der Waals surface area contributed by atoms with Crippen LogP contribution in [0.1, 0.15) is 33.1 Å². The first-order valence-corrected chi connectivity index (χ1v) is 6.66. The fraction of sp³-hybridized carbons (Fsp3) is 0.909. The summed E-state index contributed by atoms with van der Waals surface area (Å²) in [4.78, 5) is 13.5. The molecule has 1 unspecified atom stereocenters. The highest BCUT2D eigenvalue weighted by molar-refractivity contribution is 7.99. The van der Waals surface area contributed by atoms with E-state index in [1.165, 1.54) is 12.3 Å². The van der Waals surface area contributed by atoms with Crippen LogP contribution in [0.15, 0.2) is 0 Å². The van der Waals surface area contributed by atoms with Crippen LogP contribution in [-0.2, 0) is 4.79 Å². The minimum Gasteiger partial charge on any atom is -0.303 e. The van der Waals surface area contributed by atoms with Crippen LogP contribution in [0.2, 0.25) is 0 Å². The van der Waals surface area contributed by atoms with Crippen molar-refractivity contribution in [1.29, 1.82) is 0 Å². The van der Waals surface area contributed by atoms with Crippen molar-refractivity contribution in [2.24, 2.45) is 0 Å². The molecule has 0 aromatic rings. The Morgan fingerprint density at radius 3 is 2.64 bits per heavy atom. The molecule has 82 valence electrons. The average Bonchev–Trinajstić information content (AvgIpc) is 2.59. The van der Waals surface area contributed by atoms with Gasteiger partial charge in [-0.15, -0.1) is 0 Å². The average molecular weight is 215 g/mol. The molecule has 0 bridgehead atoms. The van der Waals surface area contributed by atoms with Gasteiger partial charge in [0.15, 0.2) is 0 Å². The van der Waals surface area contributed by atoms with Gasteiger partial charge in [0, 0.05) is 30.4 Å². The maximum atomic E-state index is 11.0. The molecule has 1 aliphatic carbocycles. The highest BCUT2D eigenvalue weighted by Crippen LogP contribution is 2.26. The largest absolute Gasteiger partial charge is 0.303 e. The second-order valence-corrected chi connectivity index (χ2v) is 5.21. The summed E-state index contributed by atoms with van der Waals surface area (Å²) in [6, 6.07) is 0. The summed E-state index contributed by atoms with van der Waals surface area (Å²) in [5, 5.41) is 0.623. The third-order valence-corrected chi connectivity index (χ3v) is 4.15. The van der Waals surface area contributed by atoms with Crippen LogP contribution < -0.4 is 0 Å². The zero-order chi connectivity index (χ0) is 10.4. The van der Waals surface area contributed by atoms with Crippen LogP contribution in [-0.4, -0.2) is 41.3 Å². The van der Waals surface area contributed by atoms with Crippen molar-refractivity contribution in [1.82, 2.24) is 4.90 Å². The smallest absolute Gasteiger partial charge is 0.134 e. The van der Waals surface area contributed by atoms with E-state index in [9.17, 15) is 4.79 Å². The van der Waals surface area contributed by atoms with Crippen LogP contribution >= 0.6 is 11.8 Å². The highest BCUT2D eigenvalue weighted by atomic mass is 32.2. The molecule has 0 spiro atoms. The predicted molar refractivity (Wildman–Crippen MR) is 62.9 cm³/mol. The topological polar surface area (TPSA) is 20.3 Å². The zero-order valence-electron chi connectivity index (χ0n) is 9.29. The minimum atomic E-state index is 0.463. The molecular formula is C11H21NOS. The summed E-state index contributed by atoms with van der Waals surface area (Å²) in [5.74, 6) is 1.64. The summed E-state index contributed by atoms with van der Waals surface area (Å²) < 4.78 is 0. The van der Waals surface area contributed by atoms with Gasteiger partial charge in [-0.25, -0.2) is 0 Å². The molecular weight excluding hydrogens is 194 g/mol. The van der Waals surface area contributed by atoms with Gasteiger partial charge in [0.05, 0.1) is 0 Å². The van der Waals surface area contributed by atoms with Gasteiger partial charge >= 0.3 is 0 Å². The molecule has 0 aromatic heterocycles. The molecule has 1 aliphatic rings. The number of rotatable bonds is 6. The second-order valence-electron chi connectivity index (χ2n) is 3.80. The third kappa shape index (κ3) is 4.01. The van der Waals surface area contributed by atoms with Gasteiger partial charge in [0.25, 0.3) is 0 Å². The Hall–Kier alpha value is -0.0200. The lowest BCUT2D eigenvalue weighted by molar-refractivity contribution is -0.117. The van der Waals surface area contributed by atoms with E-state index in [1.54, 1.807) is 0 Å². The number of carbonyl (C=O) groups excluding carboxylic acids is 1. The molecule has 14 heavy (non-hydrogen) atoms. The first kappa shape index (κ1) is 12.1. The quantitative estimate of drug-likeness (QED) is 0.677. The standard InChI is InChI=1S/C11H21NOS/c1-3-12(4-2)7-8-14-11-6-5-10(13)9-11/h11H,3-9H2,1-2H3. The van der Waals surface area contributed by atoms with E-state index in [1.807, 2.05) is 11.8 Å². The fourth-order valence-electron chi connectivity index (χ4n) is 1.81. The van der Waals surface area contributed by atoms with E-state index in [0.29, 0.717) is 11.0 Å². The summed E-state index contributed by atoms with van der Waals surface area (Å²) in [7, 11) is 0. The Morgan fingerprint density at radius 1 is 1.43 bits per heavy atom. The van der Waals surface area contributed by atoms with Gasteiger partial charge in [-0.2, -0.15) is 11.8 Å². The summed E-state index contributed by atoms with van der Waals surface area (Å²) in [5.41, 5.74) is 0. The Bertz CT molecular complexity index is 180. The number of ketones is 1. The van der Waals surface area contributed by atoms with Gasteiger partial charge in [-0.3, -0.25) is 4.79 Å². The van der Waals surface area contributed by atoms with E-state index in [0.717, 1.165) is 32.4 Å². The molecule has 0 aliphatic heterocycles. The highest BCUT2D eigenvalue weighted by Gasteiger charge is 2.21. The van der Waals surface area contributed by atoms with E-state index in [4.69, 9.17) is 0 Å². The van der Waals surface area contributed by atoms with Crippen LogP contribution in [0.5, 0.6) is 0 Å². The van der Waals surface area contributed by atoms with Gasteiger partial charge in [0.2, 0.25) is 0 Å². The van der Waals surface area contributed by atoms with Gasteiger partial charge < -0.3 is 4.90 Å². The maximum absolute atomic E-state index is 11.0. The number of thioether (sulfide) groups is 1. The van der Waals surface area contributed by atoms with E-state index < -0.39 is 0 Å². The normalized spacial score (nSPS) is 22.2. The van der Waals surface area contributed by atoms with E-state index in [-0.39, 0.29) is 0 Å². The molecule has 0 N–H and O–H groups in total. The van der Waals surface area contributed by atoms with Crippen molar-refractivity contribution >= 4 is 17.5 Å². The lowest BCUT2D eigenvalue weighted by Crippen LogP contribution is -2.25. The lowest BCUT2D eigenvalue weighted by Gasteiger charge is -2.18. The molecule has 3 heteroatoms. The first-order chi connectivity index (χ1) is 6.76. The Labute approximate surface area is 91.4 Å². The molecule has 0 heterocycles. The summed E-state index contributed by atoms with van der Waals surface area (Å²) in [6.45, 7) is 7.85. The third-order valence-electron chi connectivity index (χ3n) is 2.86. The molecule has 0 amide bonds. The molecule has 1 atom stereocenters. The summed E-state index contributed by atoms with van der Waals surface area (Å²) in [6.07, 6.45) is 2.76. The monoisotopic (exact) mass is 215 g/mol. The van der Waals surface area contributed by atoms with E-state index in [2.05, 4.69) is 18.7 Å². The molecule has 1 saturated carbocycles. The maximum Gasteiger partial charge on any atom is 0.134 e. The second kappa shape index (κ2) is 6.46. The number of hydrogen-bond acceptors (Lipinski definition) is 3. The van der Waals surface area contributed by atoms with Crippen molar-refractivity contribution < 1.29 is 4.79 Å². The zero-order valence-corrected chi connectivity index (χ0v) is 10.1. The van der Waals surface area contributed by atoms with Crippen molar-refractivity contribution in [3.05, 3.63) is 0 Å². The van der Waals surface area contributed by atoms with Crippen LogP contribution in [0.3, 0.4) is 0 Å². The Morgan fingerprint density at radius 2 is 2.14 bits per heavy atom. The van der Waals surface area contributed by atoms with Crippen molar-refractivity contribution in [2.75, 3.05) is 25.4 Å². The van der Waals surface area contributed by atoms with Crippen molar-refractivity contribution in [2.45, 2.75) is 38.4 Å². The van der Waals surface area contributed by atoms with Crippen LogP contribution in [0.4, 0.5) is 0 Å². The number of nitrogens with zero attached hydrogens (tertiary/aromatic N) is 1. The van der Waals surface area contributed by atoms with Crippen molar-refractivity contribution in [3.63, 3.8) is 0 Å².